The molecule has 2 heterocycles. The molecule has 0 atom stereocenters. The Morgan fingerprint density at radius 2 is 1.47 bits per heavy atom. The van der Waals surface area contributed by atoms with Crippen molar-refractivity contribution < 1.29 is 0 Å². The maximum absolute atomic E-state index is 9.05. The van der Waals surface area contributed by atoms with Crippen LogP contribution in [-0.4, -0.2) is 19.9 Å². The molecule has 2 rings (SSSR count). The second kappa shape index (κ2) is 4.24. The van der Waals surface area contributed by atoms with Gasteiger partial charge < -0.3 is 0 Å². The molecule has 0 saturated heterocycles. The lowest BCUT2D eigenvalue weighted by atomic mass is 10.0. The standard InChI is InChI=1S/C10H7N5/c11-5-8(9-6-12-1-3-14-9)10-7-13-2-4-15-10/h1-4,6-8H. The van der Waals surface area contributed by atoms with Crippen LogP contribution in [0.4, 0.5) is 0 Å². The summed E-state index contributed by atoms with van der Waals surface area (Å²) in [5, 5.41) is 9.05. The molecule has 0 fully saturated rings. The number of nitrogens with zero attached hydrogens (tertiary/aromatic N) is 5. The fourth-order valence-corrected chi connectivity index (χ4v) is 1.20. The van der Waals surface area contributed by atoms with Gasteiger partial charge in [0, 0.05) is 24.8 Å². The van der Waals surface area contributed by atoms with Crippen molar-refractivity contribution >= 4 is 0 Å². The normalized spacial score (nSPS) is 9.87. The number of hydrogen-bond acceptors (Lipinski definition) is 5. The van der Waals surface area contributed by atoms with E-state index in [2.05, 4.69) is 26.0 Å². The molecule has 2 aromatic rings. The molecular weight excluding hydrogens is 190 g/mol. The molecule has 5 heteroatoms. The van der Waals surface area contributed by atoms with Crippen molar-refractivity contribution in [1.82, 2.24) is 19.9 Å². The van der Waals surface area contributed by atoms with Crippen LogP contribution in [0.2, 0.25) is 0 Å². The van der Waals surface area contributed by atoms with Crippen LogP contribution in [-0.2, 0) is 0 Å². The Balaban J connectivity index is 2.39. The molecule has 15 heavy (non-hydrogen) atoms. The van der Waals surface area contributed by atoms with Crippen LogP contribution in [0.3, 0.4) is 0 Å². The molecule has 0 unspecified atom stereocenters. The predicted octanol–water partition coefficient (Wildman–Crippen LogP) is 0.922. The van der Waals surface area contributed by atoms with E-state index in [1.54, 1.807) is 37.2 Å². The molecule has 0 aromatic carbocycles. The van der Waals surface area contributed by atoms with Crippen LogP contribution in [0.15, 0.2) is 37.2 Å². The van der Waals surface area contributed by atoms with Gasteiger partial charge in [-0.1, -0.05) is 0 Å². The van der Waals surface area contributed by atoms with E-state index in [0.717, 1.165) is 0 Å². The summed E-state index contributed by atoms with van der Waals surface area (Å²) in [5.74, 6) is -0.507. The molecule has 0 spiro atoms. The fraction of sp³-hybridized carbons (Fsp3) is 0.100. The van der Waals surface area contributed by atoms with Gasteiger partial charge in [-0.2, -0.15) is 5.26 Å². The van der Waals surface area contributed by atoms with Gasteiger partial charge in [-0.05, 0) is 0 Å². The van der Waals surface area contributed by atoms with E-state index in [0.29, 0.717) is 11.4 Å². The third kappa shape index (κ3) is 1.94. The average Bonchev–Trinajstić information content (AvgIpc) is 2.33. The highest BCUT2D eigenvalue weighted by Gasteiger charge is 2.15. The van der Waals surface area contributed by atoms with Crippen molar-refractivity contribution in [2.24, 2.45) is 0 Å². The Labute approximate surface area is 86.5 Å². The number of rotatable bonds is 2. The van der Waals surface area contributed by atoms with Crippen molar-refractivity contribution in [2.75, 3.05) is 0 Å². The smallest absolute Gasteiger partial charge is 0.133 e. The first-order valence-corrected chi connectivity index (χ1v) is 4.33. The molecule has 0 aliphatic rings. The van der Waals surface area contributed by atoms with Gasteiger partial charge in [0.15, 0.2) is 0 Å². The highest BCUT2D eigenvalue weighted by molar-refractivity contribution is 5.26. The predicted molar refractivity (Wildman–Crippen MR) is 51.5 cm³/mol. The number of hydrogen-bond donors (Lipinski definition) is 0. The summed E-state index contributed by atoms with van der Waals surface area (Å²) in [7, 11) is 0. The van der Waals surface area contributed by atoms with E-state index in [9.17, 15) is 0 Å². The summed E-state index contributed by atoms with van der Waals surface area (Å²) < 4.78 is 0. The van der Waals surface area contributed by atoms with Gasteiger partial charge in [0.05, 0.1) is 29.9 Å². The lowest BCUT2D eigenvalue weighted by molar-refractivity contribution is 0.887. The van der Waals surface area contributed by atoms with Crippen molar-refractivity contribution in [3.05, 3.63) is 48.6 Å². The third-order valence-electron chi connectivity index (χ3n) is 1.89. The van der Waals surface area contributed by atoms with E-state index >= 15 is 0 Å². The van der Waals surface area contributed by atoms with E-state index in [1.807, 2.05) is 0 Å². The highest BCUT2D eigenvalue weighted by Crippen LogP contribution is 2.17. The molecule has 0 aliphatic carbocycles. The molecule has 0 saturated carbocycles. The van der Waals surface area contributed by atoms with Gasteiger partial charge in [-0.3, -0.25) is 19.9 Å². The monoisotopic (exact) mass is 197 g/mol. The second-order valence-electron chi connectivity index (χ2n) is 2.82. The van der Waals surface area contributed by atoms with Gasteiger partial charge in [-0.25, -0.2) is 0 Å². The topological polar surface area (TPSA) is 75.3 Å². The first-order valence-electron chi connectivity index (χ1n) is 4.33. The Morgan fingerprint density at radius 3 is 1.80 bits per heavy atom. The SMILES string of the molecule is N#CC(c1cnccn1)c1cnccn1. The van der Waals surface area contributed by atoms with Gasteiger partial charge in [0.25, 0.3) is 0 Å². The molecule has 0 aliphatic heterocycles. The summed E-state index contributed by atoms with van der Waals surface area (Å²) >= 11 is 0. The van der Waals surface area contributed by atoms with Gasteiger partial charge in [0.1, 0.15) is 5.92 Å². The van der Waals surface area contributed by atoms with Gasteiger partial charge >= 0.3 is 0 Å². The second-order valence-corrected chi connectivity index (χ2v) is 2.82. The molecule has 0 N–H and O–H groups in total. The number of aromatic nitrogens is 4. The van der Waals surface area contributed by atoms with Crippen molar-refractivity contribution in [2.45, 2.75) is 5.92 Å². The average molecular weight is 197 g/mol. The first kappa shape index (κ1) is 9.21. The molecule has 2 aromatic heterocycles. The van der Waals surface area contributed by atoms with Gasteiger partial charge in [0.2, 0.25) is 0 Å². The molecule has 72 valence electrons. The summed E-state index contributed by atoms with van der Waals surface area (Å²) in [6.07, 6.45) is 9.35. The Morgan fingerprint density at radius 1 is 0.933 bits per heavy atom. The van der Waals surface area contributed by atoms with Crippen LogP contribution >= 0.6 is 0 Å². The van der Waals surface area contributed by atoms with E-state index < -0.39 is 5.92 Å². The summed E-state index contributed by atoms with van der Waals surface area (Å²) in [4.78, 5) is 16.0. The van der Waals surface area contributed by atoms with Crippen LogP contribution in [0, 0.1) is 11.3 Å². The zero-order chi connectivity index (χ0) is 10.5. The Hall–Kier alpha value is -2.35. The van der Waals surface area contributed by atoms with E-state index in [-0.39, 0.29) is 0 Å². The molecule has 5 nitrogen and oxygen atoms in total. The third-order valence-corrected chi connectivity index (χ3v) is 1.89. The summed E-state index contributed by atoms with van der Waals surface area (Å²) in [6.45, 7) is 0. The van der Waals surface area contributed by atoms with Gasteiger partial charge in [-0.15, -0.1) is 0 Å². The summed E-state index contributed by atoms with van der Waals surface area (Å²) in [6, 6.07) is 2.13. The largest absolute Gasteiger partial charge is 0.261 e. The highest BCUT2D eigenvalue weighted by atomic mass is 14.8. The zero-order valence-corrected chi connectivity index (χ0v) is 7.78. The minimum absolute atomic E-state index is 0.507. The van der Waals surface area contributed by atoms with Crippen LogP contribution in [0.5, 0.6) is 0 Å². The van der Waals surface area contributed by atoms with Crippen molar-refractivity contribution in [1.29, 1.82) is 5.26 Å². The maximum atomic E-state index is 9.05. The quantitative estimate of drug-likeness (QED) is 0.715. The fourth-order valence-electron chi connectivity index (χ4n) is 1.20. The minimum atomic E-state index is -0.507. The van der Waals surface area contributed by atoms with Crippen LogP contribution in [0.25, 0.3) is 0 Å². The van der Waals surface area contributed by atoms with Crippen molar-refractivity contribution in [3.8, 4) is 6.07 Å². The maximum Gasteiger partial charge on any atom is 0.133 e. The molecular formula is C10H7N5. The Kier molecular flexibility index (Phi) is 2.61. The van der Waals surface area contributed by atoms with Crippen LogP contribution < -0.4 is 0 Å². The Bertz CT molecular complexity index is 423. The van der Waals surface area contributed by atoms with Crippen molar-refractivity contribution in [3.63, 3.8) is 0 Å². The molecule has 0 bridgehead atoms. The number of nitriles is 1. The van der Waals surface area contributed by atoms with Crippen LogP contribution in [0.1, 0.15) is 17.3 Å². The lowest BCUT2D eigenvalue weighted by Gasteiger charge is -2.05. The zero-order valence-electron chi connectivity index (χ0n) is 7.78. The molecule has 0 amide bonds. The minimum Gasteiger partial charge on any atom is -0.261 e. The summed E-state index contributed by atoms with van der Waals surface area (Å²) in [5.41, 5.74) is 1.17. The van der Waals surface area contributed by atoms with E-state index in [1.165, 1.54) is 0 Å². The van der Waals surface area contributed by atoms with E-state index in [4.69, 9.17) is 5.26 Å². The first-order chi connectivity index (χ1) is 7.42. The molecule has 0 radical (unpaired) electrons. The lowest BCUT2D eigenvalue weighted by Crippen LogP contribution is -2.03.